The number of aryl methyl sites for hydroxylation is 1. The van der Waals surface area contributed by atoms with Gasteiger partial charge in [-0.2, -0.15) is 0 Å². The fourth-order valence-corrected chi connectivity index (χ4v) is 2.08. The fourth-order valence-electron chi connectivity index (χ4n) is 2.08. The van der Waals surface area contributed by atoms with Crippen molar-refractivity contribution in [3.05, 3.63) is 23.2 Å². The SMILES string of the molecule is CCCNCc1oc(CN(CC)C(C)C)cc1C. The number of furan rings is 1. The predicted molar refractivity (Wildman–Crippen MR) is 76.7 cm³/mol. The third-order valence-electron chi connectivity index (χ3n) is 3.28. The molecule has 1 heterocycles. The van der Waals surface area contributed by atoms with E-state index in [0.29, 0.717) is 6.04 Å². The Balaban J connectivity index is 2.59. The van der Waals surface area contributed by atoms with E-state index < -0.39 is 0 Å². The minimum atomic E-state index is 0.557. The first-order valence-corrected chi connectivity index (χ1v) is 7.11. The molecule has 0 aliphatic rings. The molecule has 0 saturated heterocycles. The normalized spacial score (nSPS) is 11.7. The Bertz CT molecular complexity index is 344. The summed E-state index contributed by atoms with van der Waals surface area (Å²) in [6.07, 6.45) is 1.16. The molecular formula is C15H28N2O. The summed E-state index contributed by atoms with van der Waals surface area (Å²) in [7, 11) is 0. The van der Waals surface area contributed by atoms with Crippen LogP contribution in [0.3, 0.4) is 0 Å². The van der Waals surface area contributed by atoms with Crippen LogP contribution in [-0.2, 0) is 13.1 Å². The molecule has 0 aromatic carbocycles. The zero-order valence-electron chi connectivity index (χ0n) is 12.5. The van der Waals surface area contributed by atoms with Crippen LogP contribution in [0.2, 0.25) is 0 Å². The average molecular weight is 252 g/mol. The molecule has 3 heteroatoms. The molecule has 1 aromatic heterocycles. The summed E-state index contributed by atoms with van der Waals surface area (Å²) in [6.45, 7) is 14.8. The Kier molecular flexibility index (Phi) is 6.44. The smallest absolute Gasteiger partial charge is 0.120 e. The maximum absolute atomic E-state index is 5.94. The largest absolute Gasteiger partial charge is 0.463 e. The standard InChI is InChI=1S/C15H28N2O/c1-6-8-16-10-15-13(5)9-14(18-15)11-17(7-2)12(3)4/h9,12,16H,6-8,10-11H2,1-5H3. The van der Waals surface area contributed by atoms with E-state index in [0.717, 1.165) is 44.1 Å². The van der Waals surface area contributed by atoms with Gasteiger partial charge in [0.25, 0.3) is 0 Å². The second-order valence-corrected chi connectivity index (χ2v) is 5.15. The maximum atomic E-state index is 5.94. The van der Waals surface area contributed by atoms with E-state index in [-0.39, 0.29) is 0 Å². The van der Waals surface area contributed by atoms with Crippen molar-refractivity contribution in [3.63, 3.8) is 0 Å². The van der Waals surface area contributed by atoms with Gasteiger partial charge in [0.2, 0.25) is 0 Å². The van der Waals surface area contributed by atoms with Crippen LogP contribution in [0.5, 0.6) is 0 Å². The first-order chi connectivity index (χ1) is 8.58. The van der Waals surface area contributed by atoms with Gasteiger partial charge in [0, 0.05) is 6.04 Å². The first kappa shape index (κ1) is 15.3. The molecule has 0 atom stereocenters. The summed E-state index contributed by atoms with van der Waals surface area (Å²) in [4.78, 5) is 2.40. The number of nitrogens with zero attached hydrogens (tertiary/aromatic N) is 1. The van der Waals surface area contributed by atoms with Crippen molar-refractivity contribution in [3.8, 4) is 0 Å². The lowest BCUT2D eigenvalue weighted by atomic mass is 10.2. The van der Waals surface area contributed by atoms with Crippen molar-refractivity contribution in [2.24, 2.45) is 0 Å². The van der Waals surface area contributed by atoms with Crippen LogP contribution in [0, 0.1) is 6.92 Å². The molecule has 1 N–H and O–H groups in total. The monoisotopic (exact) mass is 252 g/mol. The van der Waals surface area contributed by atoms with Crippen molar-refractivity contribution in [1.29, 1.82) is 0 Å². The fraction of sp³-hybridized carbons (Fsp3) is 0.733. The summed E-state index contributed by atoms with van der Waals surface area (Å²) in [5.74, 6) is 2.16. The first-order valence-electron chi connectivity index (χ1n) is 7.11. The molecular weight excluding hydrogens is 224 g/mol. The van der Waals surface area contributed by atoms with Gasteiger partial charge in [0.1, 0.15) is 11.5 Å². The van der Waals surface area contributed by atoms with Gasteiger partial charge in [-0.15, -0.1) is 0 Å². The zero-order chi connectivity index (χ0) is 13.5. The molecule has 1 rings (SSSR count). The molecule has 0 aliphatic carbocycles. The van der Waals surface area contributed by atoms with E-state index in [1.165, 1.54) is 5.56 Å². The van der Waals surface area contributed by atoms with Crippen LogP contribution in [0.25, 0.3) is 0 Å². The van der Waals surface area contributed by atoms with Crippen molar-refractivity contribution in [1.82, 2.24) is 10.2 Å². The molecule has 104 valence electrons. The molecule has 0 aliphatic heterocycles. The van der Waals surface area contributed by atoms with Crippen molar-refractivity contribution < 1.29 is 4.42 Å². The topological polar surface area (TPSA) is 28.4 Å². The van der Waals surface area contributed by atoms with Crippen LogP contribution in [0.1, 0.15) is 51.2 Å². The third kappa shape index (κ3) is 4.46. The quantitative estimate of drug-likeness (QED) is 0.719. The lowest BCUT2D eigenvalue weighted by Crippen LogP contribution is -2.29. The van der Waals surface area contributed by atoms with Gasteiger partial charge in [0.15, 0.2) is 0 Å². The summed E-state index contributed by atoms with van der Waals surface area (Å²) in [5.41, 5.74) is 1.26. The molecule has 0 spiro atoms. The van der Waals surface area contributed by atoms with Crippen molar-refractivity contribution >= 4 is 0 Å². The Labute approximate surface area is 112 Å². The lowest BCUT2D eigenvalue weighted by Gasteiger charge is -2.23. The number of nitrogens with one attached hydrogen (secondary N) is 1. The van der Waals surface area contributed by atoms with Crippen LogP contribution in [0.15, 0.2) is 10.5 Å². The van der Waals surface area contributed by atoms with Crippen LogP contribution in [0.4, 0.5) is 0 Å². The Hall–Kier alpha value is -0.800. The number of rotatable bonds is 8. The molecule has 0 radical (unpaired) electrons. The predicted octanol–water partition coefficient (Wildman–Crippen LogP) is 3.32. The van der Waals surface area contributed by atoms with Crippen LogP contribution < -0.4 is 5.32 Å². The van der Waals surface area contributed by atoms with E-state index in [9.17, 15) is 0 Å². The summed E-state index contributed by atoms with van der Waals surface area (Å²) >= 11 is 0. The Morgan fingerprint density at radius 1 is 1.33 bits per heavy atom. The van der Waals surface area contributed by atoms with Crippen LogP contribution >= 0.6 is 0 Å². The van der Waals surface area contributed by atoms with Gasteiger partial charge in [-0.25, -0.2) is 0 Å². The summed E-state index contributed by atoms with van der Waals surface area (Å²) in [6, 6.07) is 2.73. The molecule has 0 bridgehead atoms. The Morgan fingerprint density at radius 2 is 2.06 bits per heavy atom. The van der Waals surface area contributed by atoms with Gasteiger partial charge in [-0.3, -0.25) is 4.90 Å². The lowest BCUT2D eigenvalue weighted by molar-refractivity contribution is 0.205. The number of hydrogen-bond acceptors (Lipinski definition) is 3. The zero-order valence-corrected chi connectivity index (χ0v) is 12.5. The second kappa shape index (κ2) is 7.59. The highest BCUT2D eigenvalue weighted by molar-refractivity contribution is 5.20. The molecule has 0 fully saturated rings. The summed E-state index contributed by atoms with van der Waals surface area (Å²) < 4.78 is 5.94. The minimum absolute atomic E-state index is 0.557. The minimum Gasteiger partial charge on any atom is -0.463 e. The average Bonchev–Trinajstić information content (AvgIpc) is 2.67. The molecule has 0 amide bonds. The van der Waals surface area contributed by atoms with Gasteiger partial charge < -0.3 is 9.73 Å². The van der Waals surface area contributed by atoms with E-state index in [2.05, 4.69) is 50.9 Å². The van der Waals surface area contributed by atoms with Gasteiger partial charge in [-0.1, -0.05) is 13.8 Å². The van der Waals surface area contributed by atoms with Gasteiger partial charge >= 0.3 is 0 Å². The highest BCUT2D eigenvalue weighted by Crippen LogP contribution is 2.17. The highest BCUT2D eigenvalue weighted by Gasteiger charge is 2.12. The maximum Gasteiger partial charge on any atom is 0.120 e. The van der Waals surface area contributed by atoms with Gasteiger partial charge in [-0.05, 0) is 51.9 Å². The van der Waals surface area contributed by atoms with E-state index in [4.69, 9.17) is 4.42 Å². The molecule has 0 unspecified atom stereocenters. The molecule has 1 aromatic rings. The van der Waals surface area contributed by atoms with E-state index in [1.807, 2.05) is 0 Å². The second-order valence-electron chi connectivity index (χ2n) is 5.15. The van der Waals surface area contributed by atoms with Crippen LogP contribution in [-0.4, -0.2) is 24.0 Å². The molecule has 0 saturated carbocycles. The van der Waals surface area contributed by atoms with Crippen molar-refractivity contribution in [2.45, 2.75) is 60.2 Å². The van der Waals surface area contributed by atoms with E-state index >= 15 is 0 Å². The number of hydrogen-bond donors (Lipinski definition) is 1. The molecule has 3 nitrogen and oxygen atoms in total. The van der Waals surface area contributed by atoms with Crippen molar-refractivity contribution in [2.75, 3.05) is 13.1 Å². The molecule has 18 heavy (non-hydrogen) atoms. The highest BCUT2D eigenvalue weighted by atomic mass is 16.3. The Morgan fingerprint density at radius 3 is 2.61 bits per heavy atom. The van der Waals surface area contributed by atoms with Gasteiger partial charge in [0.05, 0.1) is 13.1 Å². The van der Waals surface area contributed by atoms with E-state index in [1.54, 1.807) is 0 Å². The third-order valence-corrected chi connectivity index (χ3v) is 3.28. The summed E-state index contributed by atoms with van der Waals surface area (Å²) in [5, 5.41) is 3.39.